The Morgan fingerprint density at radius 3 is 2.58 bits per heavy atom. The smallest absolute Gasteiger partial charge is 0.146 e. The highest BCUT2D eigenvalue weighted by Crippen LogP contribution is 2.17. The van der Waals surface area contributed by atoms with E-state index in [9.17, 15) is 0 Å². The monoisotopic (exact) mass is 279 g/mol. The first-order chi connectivity index (χ1) is 9.28. The molecular formula is C15H18ClNO2. The quantitative estimate of drug-likeness (QED) is 0.778. The van der Waals surface area contributed by atoms with E-state index in [1.165, 1.54) is 0 Å². The molecule has 1 heterocycles. The number of nitrogens with one attached hydrogen (secondary N) is 1. The highest BCUT2D eigenvalue weighted by molar-refractivity contribution is 6.30. The molecule has 2 aromatic rings. The fraction of sp³-hybridized carbons (Fsp3) is 0.333. The van der Waals surface area contributed by atoms with Crippen molar-refractivity contribution in [3.63, 3.8) is 0 Å². The van der Waals surface area contributed by atoms with Crippen LogP contribution in [0.4, 0.5) is 0 Å². The summed E-state index contributed by atoms with van der Waals surface area (Å²) in [4.78, 5) is 0. The molecule has 0 fully saturated rings. The molecule has 0 saturated carbocycles. The lowest BCUT2D eigenvalue weighted by molar-refractivity contribution is 0.265. The van der Waals surface area contributed by atoms with Crippen LogP contribution in [0.1, 0.15) is 24.9 Å². The third-order valence-corrected chi connectivity index (χ3v) is 2.89. The molecule has 3 nitrogen and oxygen atoms in total. The van der Waals surface area contributed by atoms with E-state index in [0.29, 0.717) is 11.6 Å². The highest BCUT2D eigenvalue weighted by Gasteiger charge is 2.03. The summed E-state index contributed by atoms with van der Waals surface area (Å²) in [6, 6.07) is 11.2. The van der Waals surface area contributed by atoms with Crippen LogP contribution in [0, 0.1) is 0 Å². The van der Waals surface area contributed by atoms with Crippen molar-refractivity contribution in [2.75, 3.05) is 6.54 Å². The van der Waals surface area contributed by atoms with Gasteiger partial charge in [-0.1, -0.05) is 18.5 Å². The molecule has 0 unspecified atom stereocenters. The number of benzene rings is 1. The first kappa shape index (κ1) is 14.0. The maximum absolute atomic E-state index is 5.81. The second-order valence-corrected chi connectivity index (χ2v) is 4.72. The molecule has 102 valence electrons. The molecule has 0 atom stereocenters. The Balaban J connectivity index is 1.81. The van der Waals surface area contributed by atoms with Crippen LogP contribution in [-0.4, -0.2) is 6.54 Å². The average Bonchev–Trinajstić information content (AvgIpc) is 2.86. The second kappa shape index (κ2) is 7.22. The molecule has 19 heavy (non-hydrogen) atoms. The molecule has 2 rings (SSSR count). The third kappa shape index (κ3) is 4.62. The largest absolute Gasteiger partial charge is 0.486 e. The SMILES string of the molecule is CCCNCc1ccc(COc2ccc(Cl)cc2)o1. The molecule has 4 heteroatoms. The van der Waals surface area contributed by atoms with Gasteiger partial charge in [0.15, 0.2) is 0 Å². The molecule has 0 saturated heterocycles. The number of hydrogen-bond acceptors (Lipinski definition) is 3. The standard InChI is InChI=1S/C15H18ClNO2/c1-2-9-17-10-14-7-8-15(19-14)11-18-13-5-3-12(16)4-6-13/h3-8,17H,2,9-11H2,1H3. The molecule has 0 amide bonds. The van der Waals surface area contributed by atoms with E-state index in [-0.39, 0.29) is 0 Å². The van der Waals surface area contributed by atoms with E-state index in [0.717, 1.165) is 36.8 Å². The summed E-state index contributed by atoms with van der Waals surface area (Å²) in [5.74, 6) is 2.54. The van der Waals surface area contributed by atoms with Gasteiger partial charge in [-0.3, -0.25) is 0 Å². The topological polar surface area (TPSA) is 34.4 Å². The summed E-state index contributed by atoms with van der Waals surface area (Å²) in [5, 5.41) is 4.00. The summed E-state index contributed by atoms with van der Waals surface area (Å²) in [6.07, 6.45) is 1.12. The van der Waals surface area contributed by atoms with Crippen molar-refractivity contribution < 1.29 is 9.15 Å². The summed E-state index contributed by atoms with van der Waals surface area (Å²) >= 11 is 5.81. The van der Waals surface area contributed by atoms with Gasteiger partial charge >= 0.3 is 0 Å². The Bertz CT molecular complexity index is 493. The number of hydrogen-bond donors (Lipinski definition) is 1. The van der Waals surface area contributed by atoms with Crippen molar-refractivity contribution >= 4 is 11.6 Å². The van der Waals surface area contributed by atoms with Crippen molar-refractivity contribution in [1.82, 2.24) is 5.32 Å². The predicted molar refractivity (Wildman–Crippen MR) is 76.5 cm³/mol. The summed E-state index contributed by atoms with van der Waals surface area (Å²) < 4.78 is 11.3. The summed E-state index contributed by atoms with van der Waals surface area (Å²) in [7, 11) is 0. The van der Waals surface area contributed by atoms with Crippen molar-refractivity contribution in [3.05, 3.63) is 52.9 Å². The lowest BCUT2D eigenvalue weighted by Crippen LogP contribution is -2.13. The number of furan rings is 1. The summed E-state index contributed by atoms with van der Waals surface area (Å²) in [5.41, 5.74) is 0. The van der Waals surface area contributed by atoms with E-state index in [1.807, 2.05) is 24.3 Å². The minimum absolute atomic E-state index is 0.426. The average molecular weight is 280 g/mol. The van der Waals surface area contributed by atoms with Crippen LogP contribution in [0.3, 0.4) is 0 Å². The van der Waals surface area contributed by atoms with Gasteiger partial charge in [-0.25, -0.2) is 0 Å². The van der Waals surface area contributed by atoms with Gasteiger partial charge in [-0.05, 0) is 49.4 Å². The van der Waals surface area contributed by atoms with Crippen molar-refractivity contribution in [1.29, 1.82) is 0 Å². The molecular weight excluding hydrogens is 262 g/mol. The first-order valence-corrected chi connectivity index (χ1v) is 6.82. The molecule has 1 aromatic heterocycles. The minimum Gasteiger partial charge on any atom is -0.486 e. The van der Waals surface area contributed by atoms with E-state index < -0.39 is 0 Å². The zero-order valence-electron chi connectivity index (χ0n) is 11.0. The molecule has 0 radical (unpaired) electrons. The molecule has 0 aliphatic heterocycles. The van der Waals surface area contributed by atoms with Gasteiger partial charge in [0.1, 0.15) is 23.9 Å². The zero-order chi connectivity index (χ0) is 13.5. The predicted octanol–water partition coefficient (Wildman–Crippen LogP) is 4.01. The van der Waals surface area contributed by atoms with Gasteiger partial charge in [-0.15, -0.1) is 0 Å². The van der Waals surface area contributed by atoms with Crippen molar-refractivity contribution in [2.45, 2.75) is 26.5 Å². The van der Waals surface area contributed by atoms with E-state index in [1.54, 1.807) is 12.1 Å². The van der Waals surface area contributed by atoms with Crippen LogP contribution in [0.15, 0.2) is 40.8 Å². The molecule has 0 aliphatic carbocycles. The Kier molecular flexibility index (Phi) is 5.31. The second-order valence-electron chi connectivity index (χ2n) is 4.29. The fourth-order valence-corrected chi connectivity index (χ4v) is 1.79. The van der Waals surface area contributed by atoms with Crippen molar-refractivity contribution in [2.24, 2.45) is 0 Å². The number of halogens is 1. The molecule has 0 aliphatic rings. The number of ether oxygens (including phenoxy) is 1. The summed E-state index contributed by atoms with van der Waals surface area (Å²) in [6.45, 7) is 4.32. The van der Waals surface area contributed by atoms with E-state index in [4.69, 9.17) is 20.8 Å². The van der Waals surface area contributed by atoms with Crippen LogP contribution in [0.2, 0.25) is 5.02 Å². The third-order valence-electron chi connectivity index (χ3n) is 2.64. The molecule has 0 spiro atoms. The lowest BCUT2D eigenvalue weighted by Gasteiger charge is -2.04. The van der Waals surface area contributed by atoms with Crippen LogP contribution in [0.25, 0.3) is 0 Å². The van der Waals surface area contributed by atoms with E-state index in [2.05, 4.69) is 12.2 Å². The zero-order valence-corrected chi connectivity index (χ0v) is 11.7. The Labute approximate surface area is 118 Å². The molecule has 1 aromatic carbocycles. The molecule has 1 N–H and O–H groups in total. The van der Waals surface area contributed by atoms with Crippen LogP contribution >= 0.6 is 11.6 Å². The van der Waals surface area contributed by atoms with Crippen molar-refractivity contribution in [3.8, 4) is 5.75 Å². The minimum atomic E-state index is 0.426. The Hall–Kier alpha value is -1.45. The fourth-order valence-electron chi connectivity index (χ4n) is 1.67. The van der Waals surface area contributed by atoms with Gasteiger partial charge in [-0.2, -0.15) is 0 Å². The normalized spacial score (nSPS) is 10.6. The lowest BCUT2D eigenvalue weighted by atomic mass is 10.3. The van der Waals surface area contributed by atoms with Gasteiger partial charge in [0.25, 0.3) is 0 Å². The van der Waals surface area contributed by atoms with Gasteiger partial charge in [0, 0.05) is 5.02 Å². The van der Waals surface area contributed by atoms with Crippen LogP contribution < -0.4 is 10.1 Å². The Morgan fingerprint density at radius 2 is 1.84 bits per heavy atom. The van der Waals surface area contributed by atoms with Crippen LogP contribution in [0.5, 0.6) is 5.75 Å². The van der Waals surface area contributed by atoms with Crippen LogP contribution in [-0.2, 0) is 13.2 Å². The van der Waals surface area contributed by atoms with E-state index >= 15 is 0 Å². The number of rotatable bonds is 7. The maximum atomic E-state index is 5.81. The van der Waals surface area contributed by atoms with Gasteiger partial charge < -0.3 is 14.5 Å². The highest BCUT2D eigenvalue weighted by atomic mass is 35.5. The first-order valence-electron chi connectivity index (χ1n) is 6.44. The van der Waals surface area contributed by atoms with Gasteiger partial charge in [0.05, 0.1) is 6.54 Å². The molecule has 0 bridgehead atoms. The maximum Gasteiger partial charge on any atom is 0.146 e. The van der Waals surface area contributed by atoms with Gasteiger partial charge in [0.2, 0.25) is 0 Å². The Morgan fingerprint density at radius 1 is 1.11 bits per heavy atom.